The van der Waals surface area contributed by atoms with E-state index in [-0.39, 0.29) is 0 Å². The summed E-state index contributed by atoms with van der Waals surface area (Å²) < 4.78 is 0. The Labute approximate surface area is 172 Å². The fourth-order valence-corrected chi connectivity index (χ4v) is 4.46. The SMILES string of the molecule is Cc1cc(C)c2c(c1)-c1cccc(-c3ccccc3)c1CN=C2c1ccccc1. The average Bonchev–Trinajstić information content (AvgIpc) is 2.92. The molecule has 0 unspecified atom stereocenters. The van der Waals surface area contributed by atoms with E-state index >= 15 is 0 Å². The molecule has 1 heteroatoms. The lowest BCUT2D eigenvalue weighted by Crippen LogP contribution is -2.07. The van der Waals surface area contributed by atoms with E-state index in [1.165, 1.54) is 50.1 Å². The molecular weight excluding hydrogens is 350 g/mol. The number of aryl methyl sites for hydroxylation is 2. The minimum absolute atomic E-state index is 0.678. The molecule has 0 bridgehead atoms. The van der Waals surface area contributed by atoms with Gasteiger partial charge >= 0.3 is 0 Å². The van der Waals surface area contributed by atoms with Crippen LogP contribution in [0.4, 0.5) is 0 Å². The third-order valence-electron chi connectivity index (χ3n) is 5.71. The monoisotopic (exact) mass is 373 g/mol. The van der Waals surface area contributed by atoms with Gasteiger partial charge in [0.25, 0.3) is 0 Å². The van der Waals surface area contributed by atoms with Crippen molar-refractivity contribution in [1.82, 2.24) is 0 Å². The average molecular weight is 373 g/mol. The van der Waals surface area contributed by atoms with Crippen LogP contribution in [0.15, 0.2) is 96.0 Å². The van der Waals surface area contributed by atoms with Crippen molar-refractivity contribution >= 4 is 5.71 Å². The quantitative estimate of drug-likeness (QED) is 0.359. The minimum Gasteiger partial charge on any atom is -0.279 e. The maximum atomic E-state index is 5.17. The molecule has 0 atom stereocenters. The van der Waals surface area contributed by atoms with Crippen LogP contribution < -0.4 is 0 Å². The Bertz CT molecular complexity index is 1220. The summed E-state index contributed by atoms with van der Waals surface area (Å²) in [6, 6.07) is 32.5. The molecule has 1 aliphatic heterocycles. The largest absolute Gasteiger partial charge is 0.279 e. The van der Waals surface area contributed by atoms with Crippen molar-refractivity contribution in [2.24, 2.45) is 4.99 Å². The Hall–Kier alpha value is -3.45. The van der Waals surface area contributed by atoms with Gasteiger partial charge in [-0.05, 0) is 47.2 Å². The molecule has 1 aliphatic rings. The summed E-state index contributed by atoms with van der Waals surface area (Å²) >= 11 is 0. The van der Waals surface area contributed by atoms with Gasteiger partial charge in [-0.15, -0.1) is 0 Å². The van der Waals surface area contributed by atoms with Crippen LogP contribution in [0, 0.1) is 13.8 Å². The predicted octanol–water partition coefficient (Wildman–Crippen LogP) is 6.99. The van der Waals surface area contributed by atoms with Crippen molar-refractivity contribution in [3.8, 4) is 22.3 Å². The van der Waals surface area contributed by atoms with Crippen molar-refractivity contribution in [2.75, 3.05) is 0 Å². The fraction of sp³-hybridized carbons (Fsp3) is 0.107. The zero-order chi connectivity index (χ0) is 19.8. The molecule has 1 nitrogen and oxygen atoms in total. The van der Waals surface area contributed by atoms with E-state index in [1.54, 1.807) is 0 Å². The second kappa shape index (κ2) is 7.18. The first-order valence-corrected chi connectivity index (χ1v) is 10.1. The van der Waals surface area contributed by atoms with Crippen LogP contribution in [0.1, 0.15) is 27.8 Å². The number of rotatable bonds is 2. The van der Waals surface area contributed by atoms with E-state index < -0.39 is 0 Å². The highest BCUT2D eigenvalue weighted by Gasteiger charge is 2.22. The maximum Gasteiger partial charge on any atom is 0.0731 e. The van der Waals surface area contributed by atoms with Crippen molar-refractivity contribution in [3.05, 3.63) is 119 Å². The van der Waals surface area contributed by atoms with Crippen LogP contribution in [0.5, 0.6) is 0 Å². The van der Waals surface area contributed by atoms with Gasteiger partial charge in [0.1, 0.15) is 0 Å². The number of fused-ring (bicyclic) bond motifs is 3. The summed E-state index contributed by atoms with van der Waals surface area (Å²) in [5.74, 6) is 0. The summed E-state index contributed by atoms with van der Waals surface area (Å²) in [5, 5.41) is 0. The van der Waals surface area contributed by atoms with E-state index in [4.69, 9.17) is 4.99 Å². The molecule has 0 fully saturated rings. The predicted molar refractivity (Wildman–Crippen MR) is 123 cm³/mol. The van der Waals surface area contributed by atoms with Gasteiger partial charge in [0.15, 0.2) is 0 Å². The van der Waals surface area contributed by atoms with Crippen LogP contribution in [-0.2, 0) is 6.54 Å². The van der Waals surface area contributed by atoms with E-state index in [2.05, 4.69) is 105 Å². The number of hydrogen-bond acceptors (Lipinski definition) is 1. The molecule has 0 radical (unpaired) electrons. The molecule has 4 aromatic rings. The molecule has 0 saturated carbocycles. The molecule has 29 heavy (non-hydrogen) atoms. The van der Waals surface area contributed by atoms with Crippen molar-refractivity contribution in [3.63, 3.8) is 0 Å². The summed E-state index contributed by atoms with van der Waals surface area (Å²) in [7, 11) is 0. The highest BCUT2D eigenvalue weighted by Crippen LogP contribution is 2.39. The molecule has 5 rings (SSSR count). The lowest BCUT2D eigenvalue weighted by Gasteiger charge is -2.17. The van der Waals surface area contributed by atoms with Crippen LogP contribution in [-0.4, -0.2) is 5.71 Å². The first-order chi connectivity index (χ1) is 14.2. The first-order valence-electron chi connectivity index (χ1n) is 10.1. The molecule has 0 aromatic heterocycles. The molecule has 0 aliphatic carbocycles. The molecule has 1 heterocycles. The van der Waals surface area contributed by atoms with Crippen molar-refractivity contribution in [1.29, 1.82) is 0 Å². The van der Waals surface area contributed by atoms with Gasteiger partial charge in [0.05, 0.1) is 12.3 Å². The molecule has 0 saturated heterocycles. The van der Waals surface area contributed by atoms with Gasteiger partial charge in [0, 0.05) is 11.1 Å². The molecular formula is C28H23N. The third kappa shape index (κ3) is 3.09. The highest BCUT2D eigenvalue weighted by atomic mass is 14.7. The number of hydrogen-bond donors (Lipinski definition) is 0. The zero-order valence-electron chi connectivity index (χ0n) is 16.8. The lowest BCUT2D eigenvalue weighted by molar-refractivity contribution is 1.08. The molecule has 140 valence electrons. The second-order valence-corrected chi connectivity index (χ2v) is 7.73. The molecule has 0 spiro atoms. The number of nitrogens with zero attached hydrogens (tertiary/aromatic N) is 1. The summed E-state index contributed by atoms with van der Waals surface area (Å²) in [5.41, 5.74) is 12.5. The Morgan fingerprint density at radius 1 is 0.621 bits per heavy atom. The molecule has 0 N–H and O–H groups in total. The van der Waals surface area contributed by atoms with Crippen LogP contribution in [0.25, 0.3) is 22.3 Å². The van der Waals surface area contributed by atoms with Gasteiger partial charge in [-0.3, -0.25) is 4.99 Å². The highest BCUT2D eigenvalue weighted by molar-refractivity contribution is 6.18. The molecule has 4 aromatic carbocycles. The standard InChI is InChI=1S/C28H23N/c1-19-16-20(2)27-25(17-19)24-15-9-14-23(21-10-5-3-6-11-21)26(24)18-29-28(27)22-12-7-4-8-13-22/h3-17H,18H2,1-2H3. The second-order valence-electron chi connectivity index (χ2n) is 7.73. The van der Waals surface area contributed by atoms with E-state index in [1.807, 2.05) is 0 Å². The van der Waals surface area contributed by atoms with Gasteiger partial charge < -0.3 is 0 Å². The van der Waals surface area contributed by atoms with E-state index in [0.717, 1.165) is 5.71 Å². The summed E-state index contributed by atoms with van der Waals surface area (Å²) in [6.45, 7) is 5.06. The number of aliphatic imine (C=N–C) groups is 1. The van der Waals surface area contributed by atoms with Crippen molar-refractivity contribution < 1.29 is 0 Å². The lowest BCUT2D eigenvalue weighted by atomic mass is 9.86. The van der Waals surface area contributed by atoms with Crippen LogP contribution in [0.3, 0.4) is 0 Å². The topological polar surface area (TPSA) is 12.4 Å². The third-order valence-corrected chi connectivity index (χ3v) is 5.71. The maximum absolute atomic E-state index is 5.17. The Morgan fingerprint density at radius 2 is 1.28 bits per heavy atom. The fourth-order valence-electron chi connectivity index (χ4n) is 4.46. The normalized spacial score (nSPS) is 12.6. The van der Waals surface area contributed by atoms with Crippen LogP contribution >= 0.6 is 0 Å². The van der Waals surface area contributed by atoms with Crippen molar-refractivity contribution in [2.45, 2.75) is 20.4 Å². The van der Waals surface area contributed by atoms with E-state index in [9.17, 15) is 0 Å². The minimum atomic E-state index is 0.678. The number of benzene rings is 4. The van der Waals surface area contributed by atoms with E-state index in [0.29, 0.717) is 6.54 Å². The smallest absolute Gasteiger partial charge is 0.0731 e. The summed E-state index contributed by atoms with van der Waals surface area (Å²) in [6.07, 6.45) is 0. The first kappa shape index (κ1) is 17.6. The Morgan fingerprint density at radius 3 is 2.00 bits per heavy atom. The van der Waals surface area contributed by atoms with Gasteiger partial charge in [-0.2, -0.15) is 0 Å². The van der Waals surface area contributed by atoms with Gasteiger partial charge in [-0.25, -0.2) is 0 Å². The Balaban J connectivity index is 1.82. The van der Waals surface area contributed by atoms with Gasteiger partial charge in [-0.1, -0.05) is 96.6 Å². The molecule has 0 amide bonds. The Kier molecular flexibility index (Phi) is 4.37. The van der Waals surface area contributed by atoms with Gasteiger partial charge in [0.2, 0.25) is 0 Å². The summed E-state index contributed by atoms with van der Waals surface area (Å²) in [4.78, 5) is 5.17. The van der Waals surface area contributed by atoms with Crippen LogP contribution in [0.2, 0.25) is 0 Å². The zero-order valence-corrected chi connectivity index (χ0v) is 16.8.